The van der Waals surface area contributed by atoms with Crippen LogP contribution in [0.1, 0.15) is 26.7 Å². The lowest BCUT2D eigenvalue weighted by Gasteiger charge is -2.08. The van der Waals surface area contributed by atoms with Gasteiger partial charge in [-0.1, -0.05) is 13.8 Å². The van der Waals surface area contributed by atoms with E-state index in [9.17, 15) is 0 Å². The molecular weight excluding hydrogens is 142 g/mol. The first kappa shape index (κ1) is 8.41. The highest BCUT2D eigenvalue weighted by Gasteiger charge is 2.22. The SMILES string of the molecule is CCNC1CSC(CC)C1. The first-order valence-electron chi connectivity index (χ1n) is 4.21. The van der Waals surface area contributed by atoms with Gasteiger partial charge in [0.05, 0.1) is 0 Å². The molecule has 1 aliphatic rings. The number of hydrogen-bond acceptors (Lipinski definition) is 2. The molecule has 1 saturated heterocycles. The van der Waals surface area contributed by atoms with Crippen molar-refractivity contribution in [1.29, 1.82) is 0 Å². The third kappa shape index (κ3) is 2.17. The van der Waals surface area contributed by atoms with E-state index in [2.05, 4.69) is 30.9 Å². The Bertz CT molecular complexity index is 95.3. The normalized spacial score (nSPS) is 33.0. The van der Waals surface area contributed by atoms with Gasteiger partial charge in [0.25, 0.3) is 0 Å². The molecule has 1 aliphatic heterocycles. The van der Waals surface area contributed by atoms with Crippen molar-refractivity contribution in [3.05, 3.63) is 0 Å². The summed E-state index contributed by atoms with van der Waals surface area (Å²) in [6, 6.07) is 0.806. The van der Waals surface area contributed by atoms with Crippen molar-refractivity contribution in [1.82, 2.24) is 5.32 Å². The molecule has 0 aliphatic carbocycles. The highest BCUT2D eigenvalue weighted by atomic mass is 32.2. The molecule has 2 heteroatoms. The first-order chi connectivity index (χ1) is 4.86. The average molecular weight is 159 g/mol. The maximum absolute atomic E-state index is 3.49. The molecule has 1 fully saturated rings. The number of nitrogens with one attached hydrogen (secondary N) is 1. The summed E-state index contributed by atoms with van der Waals surface area (Å²) >= 11 is 2.13. The van der Waals surface area contributed by atoms with Gasteiger partial charge in [-0.05, 0) is 19.4 Å². The zero-order chi connectivity index (χ0) is 7.40. The second kappa shape index (κ2) is 4.24. The van der Waals surface area contributed by atoms with Crippen molar-refractivity contribution in [2.24, 2.45) is 0 Å². The smallest absolute Gasteiger partial charge is 0.0168 e. The fraction of sp³-hybridized carbons (Fsp3) is 1.00. The fourth-order valence-corrected chi connectivity index (χ4v) is 2.78. The van der Waals surface area contributed by atoms with Gasteiger partial charge < -0.3 is 5.32 Å². The van der Waals surface area contributed by atoms with Gasteiger partial charge in [0.1, 0.15) is 0 Å². The van der Waals surface area contributed by atoms with Gasteiger partial charge in [0.15, 0.2) is 0 Å². The molecule has 1 nitrogen and oxygen atoms in total. The van der Waals surface area contributed by atoms with E-state index >= 15 is 0 Å². The largest absolute Gasteiger partial charge is 0.313 e. The van der Waals surface area contributed by atoms with E-state index in [1.165, 1.54) is 18.6 Å². The zero-order valence-corrected chi connectivity index (χ0v) is 7.71. The molecule has 60 valence electrons. The maximum atomic E-state index is 3.49. The van der Waals surface area contributed by atoms with Crippen LogP contribution >= 0.6 is 11.8 Å². The molecule has 1 N–H and O–H groups in total. The lowest BCUT2D eigenvalue weighted by molar-refractivity contribution is 0.544. The van der Waals surface area contributed by atoms with Crippen LogP contribution in [0.3, 0.4) is 0 Å². The highest BCUT2D eigenvalue weighted by molar-refractivity contribution is 8.00. The van der Waals surface area contributed by atoms with E-state index in [-0.39, 0.29) is 0 Å². The Morgan fingerprint density at radius 3 is 2.80 bits per heavy atom. The minimum atomic E-state index is 0.806. The van der Waals surface area contributed by atoms with Crippen LogP contribution in [0.4, 0.5) is 0 Å². The van der Waals surface area contributed by atoms with E-state index in [1.807, 2.05) is 0 Å². The van der Waals surface area contributed by atoms with Crippen molar-refractivity contribution in [3.63, 3.8) is 0 Å². The third-order valence-corrected chi connectivity index (χ3v) is 3.62. The van der Waals surface area contributed by atoms with Crippen LogP contribution in [0.15, 0.2) is 0 Å². The molecule has 0 aromatic heterocycles. The van der Waals surface area contributed by atoms with Gasteiger partial charge in [-0.3, -0.25) is 0 Å². The third-order valence-electron chi connectivity index (χ3n) is 2.03. The molecule has 10 heavy (non-hydrogen) atoms. The summed E-state index contributed by atoms with van der Waals surface area (Å²) < 4.78 is 0. The van der Waals surface area contributed by atoms with Gasteiger partial charge in [-0.2, -0.15) is 11.8 Å². The molecule has 0 saturated carbocycles. The Hall–Kier alpha value is 0.310. The molecule has 2 atom stereocenters. The summed E-state index contributed by atoms with van der Waals surface area (Å²) in [5, 5.41) is 4.42. The van der Waals surface area contributed by atoms with Crippen molar-refractivity contribution in [2.45, 2.75) is 38.0 Å². The van der Waals surface area contributed by atoms with Crippen molar-refractivity contribution >= 4 is 11.8 Å². The van der Waals surface area contributed by atoms with Crippen LogP contribution in [0, 0.1) is 0 Å². The van der Waals surface area contributed by atoms with Gasteiger partial charge in [-0.15, -0.1) is 0 Å². The molecule has 0 radical (unpaired) electrons. The molecule has 1 heterocycles. The zero-order valence-electron chi connectivity index (χ0n) is 6.89. The van der Waals surface area contributed by atoms with Gasteiger partial charge in [-0.25, -0.2) is 0 Å². The molecule has 0 spiro atoms. The summed E-state index contributed by atoms with van der Waals surface area (Å²) in [6.45, 7) is 5.59. The van der Waals surface area contributed by atoms with Crippen molar-refractivity contribution in [2.75, 3.05) is 12.3 Å². The Labute approximate surface area is 68.0 Å². The second-order valence-corrected chi connectivity index (χ2v) is 4.19. The van der Waals surface area contributed by atoms with Gasteiger partial charge in [0, 0.05) is 17.0 Å². The van der Waals surface area contributed by atoms with E-state index in [4.69, 9.17) is 0 Å². The fourth-order valence-electron chi connectivity index (χ4n) is 1.42. The Morgan fingerprint density at radius 1 is 1.50 bits per heavy atom. The van der Waals surface area contributed by atoms with E-state index in [1.54, 1.807) is 0 Å². The van der Waals surface area contributed by atoms with E-state index < -0.39 is 0 Å². The monoisotopic (exact) mass is 159 g/mol. The average Bonchev–Trinajstić information content (AvgIpc) is 2.37. The lowest BCUT2D eigenvalue weighted by atomic mass is 10.1. The summed E-state index contributed by atoms with van der Waals surface area (Å²) in [4.78, 5) is 0. The Balaban J connectivity index is 2.15. The topological polar surface area (TPSA) is 12.0 Å². The molecule has 1 rings (SSSR count). The molecule has 2 unspecified atom stereocenters. The summed E-state index contributed by atoms with van der Waals surface area (Å²) in [5.41, 5.74) is 0. The Morgan fingerprint density at radius 2 is 2.30 bits per heavy atom. The lowest BCUT2D eigenvalue weighted by Crippen LogP contribution is -2.28. The molecule has 0 amide bonds. The minimum Gasteiger partial charge on any atom is -0.313 e. The number of rotatable bonds is 3. The standard InChI is InChI=1S/C8H17NS/c1-3-8-5-7(6-10-8)9-4-2/h7-9H,3-6H2,1-2H3. The summed E-state index contributed by atoms with van der Waals surface area (Å²) in [5.74, 6) is 1.33. The summed E-state index contributed by atoms with van der Waals surface area (Å²) in [7, 11) is 0. The minimum absolute atomic E-state index is 0.806. The van der Waals surface area contributed by atoms with Crippen LogP contribution in [0.2, 0.25) is 0 Å². The predicted octanol–water partition coefficient (Wildman–Crippen LogP) is 1.88. The van der Waals surface area contributed by atoms with Crippen LogP contribution in [0.25, 0.3) is 0 Å². The van der Waals surface area contributed by atoms with E-state index in [0.717, 1.165) is 17.8 Å². The highest BCUT2D eigenvalue weighted by Crippen LogP contribution is 2.28. The molecule has 0 bridgehead atoms. The van der Waals surface area contributed by atoms with E-state index in [0.29, 0.717) is 0 Å². The van der Waals surface area contributed by atoms with Crippen LogP contribution in [-0.2, 0) is 0 Å². The van der Waals surface area contributed by atoms with Gasteiger partial charge in [0.2, 0.25) is 0 Å². The Kier molecular flexibility index (Phi) is 3.57. The van der Waals surface area contributed by atoms with Gasteiger partial charge >= 0.3 is 0 Å². The molecular formula is C8H17NS. The predicted molar refractivity (Wildman–Crippen MR) is 48.6 cm³/mol. The van der Waals surface area contributed by atoms with Crippen molar-refractivity contribution < 1.29 is 0 Å². The molecule has 0 aromatic carbocycles. The maximum Gasteiger partial charge on any atom is 0.0168 e. The number of thioether (sulfide) groups is 1. The van der Waals surface area contributed by atoms with Crippen molar-refractivity contribution in [3.8, 4) is 0 Å². The van der Waals surface area contributed by atoms with Crippen LogP contribution < -0.4 is 5.32 Å². The molecule has 0 aromatic rings. The first-order valence-corrected chi connectivity index (χ1v) is 5.26. The van der Waals surface area contributed by atoms with Crippen LogP contribution in [0.5, 0.6) is 0 Å². The second-order valence-electron chi connectivity index (χ2n) is 2.85. The van der Waals surface area contributed by atoms with Crippen LogP contribution in [-0.4, -0.2) is 23.6 Å². The quantitative estimate of drug-likeness (QED) is 0.675. The number of hydrogen-bond donors (Lipinski definition) is 1. The summed E-state index contributed by atoms with van der Waals surface area (Å²) in [6.07, 6.45) is 2.72.